The minimum absolute atomic E-state index is 0.249. The molecule has 9 N–H and O–H groups in total. The fraction of sp³-hybridized carbons (Fsp3) is 0.896. The van der Waals surface area contributed by atoms with Crippen LogP contribution in [0.3, 0.4) is 0 Å². The van der Waals surface area contributed by atoms with E-state index < -0.39 is 75.2 Å². The van der Waals surface area contributed by atoms with E-state index in [4.69, 9.17) is 9.05 Å². The van der Waals surface area contributed by atoms with Gasteiger partial charge in [-0.2, -0.15) is 0 Å². The SMILES string of the molecule is CCCCCCCCCC/C=C\CCCCCCCC(O)CC(=O)NC(COP(=O)(O)OC1C(O)C(O)C(O)C(O)C1O)C(O)/C=C/CCCCCCCCCCCCCCC. The van der Waals surface area contributed by atoms with Gasteiger partial charge in [0.25, 0.3) is 0 Å². The number of hydrogen-bond donors (Lipinski definition) is 9. The Hall–Kier alpha value is -1.22. The number of phosphoric ester groups is 1. The number of nitrogens with one attached hydrogen (secondary N) is 1. The summed E-state index contributed by atoms with van der Waals surface area (Å²) in [5, 5.41) is 74.6. The lowest BCUT2D eigenvalue weighted by atomic mass is 9.85. The van der Waals surface area contributed by atoms with E-state index in [2.05, 4.69) is 31.3 Å². The maximum atomic E-state index is 13.0. The van der Waals surface area contributed by atoms with E-state index in [9.17, 15) is 50.0 Å². The maximum absolute atomic E-state index is 13.0. The second-order valence-corrected chi connectivity index (χ2v) is 19.3. The quantitative estimate of drug-likeness (QED) is 0.0159. The molecule has 13 nitrogen and oxygen atoms in total. The van der Waals surface area contributed by atoms with Gasteiger partial charge in [-0.1, -0.05) is 186 Å². The van der Waals surface area contributed by atoms with Crippen LogP contribution in [0.4, 0.5) is 0 Å². The molecule has 1 amide bonds. The number of hydrogen-bond acceptors (Lipinski definition) is 11. The van der Waals surface area contributed by atoms with Crippen molar-refractivity contribution in [1.82, 2.24) is 5.32 Å². The number of allylic oxidation sites excluding steroid dienone is 3. The van der Waals surface area contributed by atoms with Gasteiger partial charge in [-0.15, -0.1) is 0 Å². The minimum Gasteiger partial charge on any atom is -0.393 e. The Balaban J connectivity index is 2.52. The maximum Gasteiger partial charge on any atom is 0.472 e. The van der Waals surface area contributed by atoms with E-state index in [0.29, 0.717) is 12.8 Å². The second kappa shape index (κ2) is 37.9. The van der Waals surface area contributed by atoms with Gasteiger partial charge in [-0.05, 0) is 44.9 Å². The Morgan fingerprint density at radius 1 is 0.565 bits per heavy atom. The van der Waals surface area contributed by atoms with Gasteiger partial charge in [0.05, 0.1) is 31.3 Å². The number of amides is 1. The highest BCUT2D eigenvalue weighted by atomic mass is 31.2. The third kappa shape index (κ3) is 29.3. The minimum atomic E-state index is -5.14. The molecule has 1 saturated carbocycles. The lowest BCUT2D eigenvalue weighted by Crippen LogP contribution is -2.64. The van der Waals surface area contributed by atoms with Gasteiger partial charge in [0.1, 0.15) is 36.6 Å². The largest absolute Gasteiger partial charge is 0.472 e. The molecule has 0 bridgehead atoms. The van der Waals surface area contributed by atoms with E-state index >= 15 is 0 Å². The molecule has 0 aromatic carbocycles. The van der Waals surface area contributed by atoms with Crippen LogP contribution in [0, 0.1) is 0 Å². The van der Waals surface area contributed by atoms with Crippen LogP contribution in [-0.4, -0.2) is 108 Å². The van der Waals surface area contributed by atoms with Crippen molar-refractivity contribution in [3.63, 3.8) is 0 Å². The smallest absolute Gasteiger partial charge is 0.393 e. The molecule has 0 spiro atoms. The summed E-state index contributed by atoms with van der Waals surface area (Å²) in [7, 11) is -5.14. The third-order valence-corrected chi connectivity index (χ3v) is 13.0. The fourth-order valence-corrected chi connectivity index (χ4v) is 8.91. The summed E-state index contributed by atoms with van der Waals surface area (Å²) < 4.78 is 22.9. The van der Waals surface area contributed by atoms with Crippen LogP contribution in [0.25, 0.3) is 0 Å². The number of unbranched alkanes of at least 4 members (excludes halogenated alkanes) is 26. The predicted octanol–water partition coefficient (Wildman–Crippen LogP) is 8.76. The predicted molar refractivity (Wildman–Crippen MR) is 247 cm³/mol. The van der Waals surface area contributed by atoms with Gasteiger partial charge < -0.3 is 46.0 Å². The Morgan fingerprint density at radius 2 is 0.935 bits per heavy atom. The molecule has 0 aromatic rings. The summed E-state index contributed by atoms with van der Waals surface area (Å²) in [6, 6.07) is -1.24. The van der Waals surface area contributed by atoms with E-state index in [1.54, 1.807) is 6.08 Å². The zero-order valence-electron chi connectivity index (χ0n) is 38.8. The van der Waals surface area contributed by atoms with E-state index in [1.807, 2.05) is 0 Å². The molecule has 366 valence electrons. The molecule has 14 heteroatoms. The molecule has 1 aliphatic rings. The lowest BCUT2D eigenvalue weighted by Gasteiger charge is -2.41. The van der Waals surface area contributed by atoms with Crippen molar-refractivity contribution < 1.29 is 59.0 Å². The molecule has 8 unspecified atom stereocenters. The highest BCUT2D eigenvalue weighted by Crippen LogP contribution is 2.47. The van der Waals surface area contributed by atoms with Crippen LogP contribution in [0.5, 0.6) is 0 Å². The summed E-state index contributed by atoms with van der Waals surface area (Å²) in [6.45, 7) is 3.75. The zero-order valence-corrected chi connectivity index (χ0v) is 39.7. The van der Waals surface area contributed by atoms with Gasteiger partial charge in [0.2, 0.25) is 5.91 Å². The van der Waals surface area contributed by atoms with Gasteiger partial charge in [-0.25, -0.2) is 4.57 Å². The van der Waals surface area contributed by atoms with E-state index in [-0.39, 0.29) is 6.42 Å². The first-order valence-electron chi connectivity index (χ1n) is 24.9. The Kier molecular flexibility index (Phi) is 36.0. The number of carbonyl (C=O) groups excluding carboxylic acids is 1. The Morgan fingerprint density at radius 3 is 1.37 bits per heavy atom. The van der Waals surface area contributed by atoms with Crippen molar-refractivity contribution in [2.24, 2.45) is 0 Å². The van der Waals surface area contributed by atoms with Crippen molar-refractivity contribution in [1.29, 1.82) is 0 Å². The number of carbonyl (C=O) groups is 1. The summed E-state index contributed by atoms with van der Waals surface area (Å²) in [4.78, 5) is 23.5. The summed E-state index contributed by atoms with van der Waals surface area (Å²) in [5.74, 6) is -0.596. The molecule has 0 saturated heterocycles. The van der Waals surface area contributed by atoms with E-state index in [1.165, 1.54) is 122 Å². The second-order valence-electron chi connectivity index (χ2n) is 17.8. The molecular formula is C48H92NO12P. The molecule has 0 aliphatic heterocycles. The van der Waals surface area contributed by atoms with Crippen LogP contribution in [0.2, 0.25) is 0 Å². The topological polar surface area (TPSA) is 226 Å². The van der Waals surface area contributed by atoms with Crippen molar-refractivity contribution in [3.8, 4) is 0 Å². The molecular weight excluding hydrogens is 813 g/mol. The van der Waals surface area contributed by atoms with Crippen LogP contribution < -0.4 is 5.32 Å². The summed E-state index contributed by atoms with van der Waals surface area (Å²) >= 11 is 0. The van der Waals surface area contributed by atoms with Crippen LogP contribution >= 0.6 is 7.82 Å². The van der Waals surface area contributed by atoms with Gasteiger partial charge in [-0.3, -0.25) is 13.8 Å². The molecule has 62 heavy (non-hydrogen) atoms. The number of phosphoric acid groups is 1. The highest BCUT2D eigenvalue weighted by Gasteiger charge is 2.51. The van der Waals surface area contributed by atoms with Crippen molar-refractivity contribution >= 4 is 13.7 Å². The highest BCUT2D eigenvalue weighted by molar-refractivity contribution is 7.47. The molecule has 1 aliphatic carbocycles. The van der Waals surface area contributed by atoms with Crippen LogP contribution in [0.15, 0.2) is 24.3 Å². The first-order valence-corrected chi connectivity index (χ1v) is 26.4. The average molecular weight is 906 g/mol. The Labute approximate surface area is 375 Å². The van der Waals surface area contributed by atoms with E-state index in [0.717, 1.165) is 64.2 Å². The fourth-order valence-electron chi connectivity index (χ4n) is 7.94. The molecule has 0 heterocycles. The first kappa shape index (κ1) is 58.8. The first-order chi connectivity index (χ1) is 29.8. The molecule has 8 atom stereocenters. The zero-order chi connectivity index (χ0) is 45.9. The van der Waals surface area contributed by atoms with Gasteiger partial charge >= 0.3 is 7.82 Å². The molecule has 0 aromatic heterocycles. The normalized spacial score (nSPS) is 23.2. The van der Waals surface area contributed by atoms with Crippen molar-refractivity contribution in [2.45, 2.75) is 268 Å². The third-order valence-electron chi connectivity index (χ3n) is 12.0. The number of aliphatic hydroxyl groups excluding tert-OH is 7. The van der Waals surface area contributed by atoms with Crippen LogP contribution in [-0.2, 0) is 18.4 Å². The number of aliphatic hydroxyl groups is 7. The standard InChI is InChI=1S/C48H92NO12P/c1-3-5-7-9-11-13-15-17-19-20-22-23-25-27-29-31-33-35-39(50)37-42(52)49-40(38-60-62(58,59)61-48-46(56)44(54)43(53)45(55)47(48)57)41(51)36-34-32-30-28-26-24-21-18-16-14-12-10-8-6-4-2/h20,22,34,36,39-41,43-48,50-51,53-57H,3-19,21,23-33,35,37-38H2,1-2H3,(H,49,52)(H,58,59)/b22-20-,36-34+. The number of rotatable bonds is 41. The molecule has 1 fully saturated rings. The van der Waals surface area contributed by atoms with Gasteiger partial charge in [0, 0.05) is 0 Å². The van der Waals surface area contributed by atoms with Crippen molar-refractivity contribution in [2.75, 3.05) is 6.61 Å². The van der Waals surface area contributed by atoms with Gasteiger partial charge in [0.15, 0.2) is 0 Å². The van der Waals surface area contributed by atoms with Crippen molar-refractivity contribution in [3.05, 3.63) is 24.3 Å². The summed E-state index contributed by atoms with van der Waals surface area (Å²) in [6.07, 6.45) is 28.3. The summed E-state index contributed by atoms with van der Waals surface area (Å²) in [5.41, 5.74) is 0. The monoisotopic (exact) mass is 906 g/mol. The molecule has 1 rings (SSSR count). The Bertz CT molecular complexity index is 1160. The molecule has 0 radical (unpaired) electrons. The average Bonchev–Trinajstić information content (AvgIpc) is 3.24. The van der Waals surface area contributed by atoms with Crippen LogP contribution in [0.1, 0.15) is 213 Å². The lowest BCUT2D eigenvalue weighted by molar-refractivity contribution is -0.220.